The van der Waals surface area contributed by atoms with Gasteiger partial charge < -0.3 is 10.4 Å². The first kappa shape index (κ1) is 10.0. The lowest BCUT2D eigenvalue weighted by atomic mass is 10.1. The van der Waals surface area contributed by atoms with Crippen LogP contribution in [-0.4, -0.2) is 23.3 Å². The highest BCUT2D eigenvalue weighted by Crippen LogP contribution is 2.18. The summed E-state index contributed by atoms with van der Waals surface area (Å²) in [4.78, 5) is 0. The van der Waals surface area contributed by atoms with Gasteiger partial charge in [0.05, 0.1) is 6.10 Å². The number of hydrogen-bond acceptors (Lipinski definition) is 2. The maximum atomic E-state index is 9.74. The molecule has 12 heavy (non-hydrogen) atoms. The minimum atomic E-state index is -0.116. The second-order valence-electron chi connectivity index (χ2n) is 4.13. The van der Waals surface area contributed by atoms with Crippen LogP contribution in [0.3, 0.4) is 0 Å². The van der Waals surface area contributed by atoms with Gasteiger partial charge in [0.2, 0.25) is 0 Å². The zero-order valence-electron chi connectivity index (χ0n) is 8.21. The molecule has 2 heteroatoms. The Kier molecular flexibility index (Phi) is 4.02. The molecule has 0 aromatic carbocycles. The van der Waals surface area contributed by atoms with Crippen LogP contribution in [-0.2, 0) is 0 Å². The number of hydrogen-bond donors (Lipinski definition) is 2. The normalized spacial score (nSPS) is 32.0. The summed E-state index contributed by atoms with van der Waals surface area (Å²) in [5.74, 6) is 0. The van der Waals surface area contributed by atoms with Gasteiger partial charge in [0.1, 0.15) is 0 Å². The average molecular weight is 171 g/mol. The summed E-state index contributed by atoms with van der Waals surface area (Å²) in [6.45, 7) is 4.27. The first-order chi connectivity index (χ1) is 5.70. The van der Waals surface area contributed by atoms with Crippen LogP contribution in [0, 0.1) is 0 Å². The molecule has 2 atom stereocenters. The molecule has 1 saturated carbocycles. The standard InChI is InChI=1S/C10H21NO/c1-8(2)11-9-6-4-3-5-7-10(9)12/h8-12H,3-7H2,1-2H3/t9-,10-/m1/s1. The van der Waals surface area contributed by atoms with Gasteiger partial charge in [-0.3, -0.25) is 0 Å². The Morgan fingerprint density at radius 3 is 2.50 bits per heavy atom. The van der Waals surface area contributed by atoms with Crippen LogP contribution in [0.5, 0.6) is 0 Å². The molecule has 0 aromatic heterocycles. The zero-order valence-corrected chi connectivity index (χ0v) is 8.21. The van der Waals surface area contributed by atoms with Gasteiger partial charge in [0, 0.05) is 12.1 Å². The topological polar surface area (TPSA) is 32.3 Å². The van der Waals surface area contributed by atoms with Gasteiger partial charge in [-0.1, -0.05) is 33.1 Å². The first-order valence-corrected chi connectivity index (χ1v) is 5.14. The van der Waals surface area contributed by atoms with Crippen molar-refractivity contribution in [1.29, 1.82) is 0 Å². The number of rotatable bonds is 2. The molecule has 72 valence electrons. The van der Waals surface area contributed by atoms with Crippen LogP contribution in [0.2, 0.25) is 0 Å². The molecule has 1 aliphatic rings. The molecular formula is C10H21NO. The Bertz CT molecular complexity index is 125. The monoisotopic (exact) mass is 171 g/mol. The van der Waals surface area contributed by atoms with Crippen LogP contribution in [0.25, 0.3) is 0 Å². The van der Waals surface area contributed by atoms with Gasteiger partial charge in [-0.25, -0.2) is 0 Å². The minimum absolute atomic E-state index is 0.116. The molecule has 0 saturated heterocycles. The van der Waals surface area contributed by atoms with E-state index in [1.165, 1.54) is 19.3 Å². The summed E-state index contributed by atoms with van der Waals surface area (Å²) >= 11 is 0. The van der Waals surface area contributed by atoms with Crippen LogP contribution < -0.4 is 5.32 Å². The van der Waals surface area contributed by atoms with E-state index in [9.17, 15) is 5.11 Å². The van der Waals surface area contributed by atoms with Gasteiger partial charge in [-0.05, 0) is 12.8 Å². The van der Waals surface area contributed by atoms with Crippen molar-refractivity contribution >= 4 is 0 Å². The summed E-state index contributed by atoms with van der Waals surface area (Å²) in [5.41, 5.74) is 0. The van der Waals surface area contributed by atoms with E-state index in [-0.39, 0.29) is 6.10 Å². The van der Waals surface area contributed by atoms with E-state index in [1.54, 1.807) is 0 Å². The van der Waals surface area contributed by atoms with E-state index in [4.69, 9.17) is 0 Å². The fourth-order valence-corrected chi connectivity index (χ4v) is 1.91. The van der Waals surface area contributed by atoms with Gasteiger partial charge in [0.15, 0.2) is 0 Å². The van der Waals surface area contributed by atoms with Crippen molar-refractivity contribution in [1.82, 2.24) is 5.32 Å². The molecule has 1 fully saturated rings. The Labute approximate surface area is 75.4 Å². The molecule has 2 N–H and O–H groups in total. The van der Waals surface area contributed by atoms with Crippen molar-refractivity contribution in [2.24, 2.45) is 0 Å². The van der Waals surface area contributed by atoms with E-state index in [0.29, 0.717) is 12.1 Å². The summed E-state index contributed by atoms with van der Waals surface area (Å²) in [6.07, 6.45) is 5.74. The molecule has 1 rings (SSSR count). The predicted octanol–water partition coefficient (Wildman–Crippen LogP) is 1.68. The third-order valence-corrected chi connectivity index (χ3v) is 2.53. The van der Waals surface area contributed by atoms with Crippen molar-refractivity contribution < 1.29 is 5.11 Å². The fraction of sp³-hybridized carbons (Fsp3) is 1.00. The van der Waals surface area contributed by atoms with Crippen LogP contribution in [0.4, 0.5) is 0 Å². The van der Waals surface area contributed by atoms with Crippen molar-refractivity contribution in [3.8, 4) is 0 Å². The number of aliphatic hydroxyl groups is 1. The number of nitrogens with one attached hydrogen (secondary N) is 1. The van der Waals surface area contributed by atoms with Crippen LogP contribution >= 0.6 is 0 Å². The highest BCUT2D eigenvalue weighted by Gasteiger charge is 2.21. The molecule has 0 amide bonds. The molecular weight excluding hydrogens is 150 g/mol. The number of aliphatic hydroxyl groups excluding tert-OH is 1. The second-order valence-corrected chi connectivity index (χ2v) is 4.13. The second kappa shape index (κ2) is 4.83. The zero-order chi connectivity index (χ0) is 8.97. The summed E-state index contributed by atoms with van der Waals surface area (Å²) < 4.78 is 0. The predicted molar refractivity (Wildman–Crippen MR) is 51.2 cm³/mol. The molecule has 0 radical (unpaired) electrons. The Morgan fingerprint density at radius 1 is 1.17 bits per heavy atom. The lowest BCUT2D eigenvalue weighted by Crippen LogP contribution is -2.42. The molecule has 0 spiro atoms. The van der Waals surface area contributed by atoms with E-state index >= 15 is 0 Å². The molecule has 0 aliphatic heterocycles. The van der Waals surface area contributed by atoms with Crippen LogP contribution in [0.15, 0.2) is 0 Å². The summed E-state index contributed by atoms with van der Waals surface area (Å²) in [7, 11) is 0. The molecule has 1 aliphatic carbocycles. The van der Waals surface area contributed by atoms with E-state index in [1.807, 2.05) is 0 Å². The quantitative estimate of drug-likeness (QED) is 0.620. The molecule has 0 unspecified atom stereocenters. The van der Waals surface area contributed by atoms with Crippen LogP contribution in [0.1, 0.15) is 46.0 Å². The van der Waals surface area contributed by atoms with Gasteiger partial charge in [-0.15, -0.1) is 0 Å². The SMILES string of the molecule is CC(C)N[C@@H]1CCCCC[C@H]1O. The van der Waals surface area contributed by atoms with Gasteiger partial charge >= 0.3 is 0 Å². The van der Waals surface area contributed by atoms with E-state index < -0.39 is 0 Å². The third-order valence-electron chi connectivity index (χ3n) is 2.53. The minimum Gasteiger partial charge on any atom is -0.392 e. The van der Waals surface area contributed by atoms with E-state index in [2.05, 4.69) is 19.2 Å². The smallest absolute Gasteiger partial charge is 0.0693 e. The summed E-state index contributed by atoms with van der Waals surface area (Å²) in [6, 6.07) is 0.829. The average Bonchev–Trinajstić information content (AvgIpc) is 2.16. The Balaban J connectivity index is 2.36. The Hall–Kier alpha value is -0.0800. The van der Waals surface area contributed by atoms with Crippen molar-refractivity contribution in [3.63, 3.8) is 0 Å². The lowest BCUT2D eigenvalue weighted by molar-refractivity contribution is 0.116. The first-order valence-electron chi connectivity index (χ1n) is 5.14. The van der Waals surface area contributed by atoms with Gasteiger partial charge in [0.25, 0.3) is 0 Å². The third kappa shape index (κ3) is 3.11. The molecule has 0 bridgehead atoms. The maximum absolute atomic E-state index is 9.74. The Morgan fingerprint density at radius 2 is 1.83 bits per heavy atom. The van der Waals surface area contributed by atoms with Crippen molar-refractivity contribution in [3.05, 3.63) is 0 Å². The van der Waals surface area contributed by atoms with Crippen molar-refractivity contribution in [2.45, 2.75) is 64.1 Å². The van der Waals surface area contributed by atoms with E-state index in [0.717, 1.165) is 12.8 Å². The summed E-state index contributed by atoms with van der Waals surface area (Å²) in [5, 5.41) is 13.2. The lowest BCUT2D eigenvalue weighted by Gasteiger charge is -2.23. The molecule has 0 aromatic rings. The largest absolute Gasteiger partial charge is 0.392 e. The van der Waals surface area contributed by atoms with Gasteiger partial charge in [-0.2, -0.15) is 0 Å². The highest BCUT2D eigenvalue weighted by atomic mass is 16.3. The highest BCUT2D eigenvalue weighted by molar-refractivity contribution is 4.79. The van der Waals surface area contributed by atoms with Crippen molar-refractivity contribution in [2.75, 3.05) is 0 Å². The molecule has 0 heterocycles. The fourth-order valence-electron chi connectivity index (χ4n) is 1.91. The molecule has 2 nitrogen and oxygen atoms in total. The maximum Gasteiger partial charge on any atom is 0.0693 e.